The van der Waals surface area contributed by atoms with Gasteiger partial charge < -0.3 is 4.74 Å². The Morgan fingerprint density at radius 2 is 2.20 bits per heavy atom. The Kier molecular flexibility index (Phi) is 1.83. The summed E-state index contributed by atoms with van der Waals surface area (Å²) in [4.78, 5) is 11.4. The summed E-state index contributed by atoms with van der Waals surface area (Å²) in [7, 11) is 0. The van der Waals surface area contributed by atoms with Crippen molar-refractivity contribution < 1.29 is 9.53 Å². The van der Waals surface area contributed by atoms with Crippen molar-refractivity contribution in [3.63, 3.8) is 0 Å². The highest BCUT2D eigenvalue weighted by Gasteiger charge is 2.46. The number of rotatable bonds is 0. The lowest BCUT2D eigenvalue weighted by Crippen LogP contribution is -2.44. The first-order chi connectivity index (χ1) is 7.20. The smallest absolute Gasteiger partial charge is 0.412 e. The van der Waals surface area contributed by atoms with E-state index in [1.165, 1.54) is 0 Å². The lowest BCUT2D eigenvalue weighted by atomic mass is 9.73. The molecule has 15 heavy (non-hydrogen) atoms. The van der Waals surface area contributed by atoms with Crippen molar-refractivity contribution in [1.82, 2.24) is 0 Å². The Labute approximate surface area is 95.9 Å². The third kappa shape index (κ3) is 1.28. The van der Waals surface area contributed by atoms with E-state index in [9.17, 15) is 4.79 Å². The predicted octanol–water partition coefficient (Wildman–Crippen LogP) is 3.39. The fourth-order valence-corrected chi connectivity index (χ4v) is 2.60. The van der Waals surface area contributed by atoms with E-state index in [2.05, 4.69) is 21.2 Å². The second-order valence-corrected chi connectivity index (χ2v) is 4.97. The molecule has 0 radical (unpaired) electrons. The molecule has 0 bridgehead atoms. The topological polar surface area (TPSA) is 38.3 Å². The molecule has 1 heterocycles. The van der Waals surface area contributed by atoms with Gasteiger partial charge in [0, 0.05) is 10.0 Å². The molecule has 3 nitrogen and oxygen atoms in total. The standard InChI is InChI=1S/C11H10BrNO2/c12-7-2-3-9-8(6-7)11(4-1-5-11)15-10(14)13-9/h2-3,6H,1,4-5H2,(H,13,14). The number of carbonyl (C=O) groups is 1. The van der Waals surface area contributed by atoms with E-state index in [0.717, 1.165) is 35.0 Å². The Hall–Kier alpha value is -1.03. The van der Waals surface area contributed by atoms with Crippen molar-refractivity contribution in [2.75, 3.05) is 5.32 Å². The molecule has 0 saturated heterocycles. The number of carbonyl (C=O) groups excluding carboxylic acids is 1. The van der Waals surface area contributed by atoms with Crippen molar-refractivity contribution in [1.29, 1.82) is 0 Å². The first-order valence-corrected chi connectivity index (χ1v) is 5.79. The molecule has 2 aliphatic rings. The highest BCUT2D eigenvalue weighted by molar-refractivity contribution is 9.10. The number of ether oxygens (including phenoxy) is 1. The van der Waals surface area contributed by atoms with Crippen molar-refractivity contribution in [3.8, 4) is 0 Å². The quantitative estimate of drug-likeness (QED) is 0.783. The van der Waals surface area contributed by atoms with Gasteiger partial charge in [-0.1, -0.05) is 15.9 Å². The van der Waals surface area contributed by atoms with Crippen LogP contribution in [0.3, 0.4) is 0 Å². The van der Waals surface area contributed by atoms with Gasteiger partial charge in [-0.15, -0.1) is 0 Å². The van der Waals surface area contributed by atoms with Crippen LogP contribution in [0.1, 0.15) is 24.8 Å². The van der Waals surface area contributed by atoms with Crippen LogP contribution in [0, 0.1) is 0 Å². The van der Waals surface area contributed by atoms with Gasteiger partial charge in [0.1, 0.15) is 5.60 Å². The third-order valence-corrected chi connectivity index (χ3v) is 3.65. The number of halogens is 1. The van der Waals surface area contributed by atoms with E-state index < -0.39 is 0 Å². The lowest BCUT2D eigenvalue weighted by Gasteiger charge is -2.44. The molecule has 0 atom stereocenters. The minimum atomic E-state index is -0.346. The first kappa shape index (κ1) is 9.21. The average molecular weight is 268 g/mol. The number of amides is 1. The zero-order valence-electron chi connectivity index (χ0n) is 8.05. The van der Waals surface area contributed by atoms with E-state index in [1.54, 1.807) is 0 Å². The molecule has 4 heteroatoms. The maximum absolute atomic E-state index is 11.4. The second-order valence-electron chi connectivity index (χ2n) is 4.05. The molecule has 1 aliphatic heterocycles. The van der Waals surface area contributed by atoms with Crippen LogP contribution in [-0.2, 0) is 10.3 Å². The zero-order chi connectivity index (χ0) is 10.5. The number of benzene rings is 1. The van der Waals surface area contributed by atoms with Crippen molar-refractivity contribution in [2.45, 2.75) is 24.9 Å². The van der Waals surface area contributed by atoms with Gasteiger partial charge in [0.05, 0.1) is 5.69 Å². The van der Waals surface area contributed by atoms with Gasteiger partial charge in [0.15, 0.2) is 0 Å². The molecule has 0 unspecified atom stereocenters. The summed E-state index contributed by atoms with van der Waals surface area (Å²) < 4.78 is 6.44. The summed E-state index contributed by atoms with van der Waals surface area (Å²) >= 11 is 3.44. The average Bonchev–Trinajstić information content (AvgIpc) is 2.15. The van der Waals surface area contributed by atoms with Crippen molar-refractivity contribution in [3.05, 3.63) is 28.2 Å². The molecule has 1 N–H and O–H groups in total. The molecule has 1 amide bonds. The van der Waals surface area contributed by atoms with E-state index >= 15 is 0 Å². The molecule has 1 spiro atoms. The fraction of sp³-hybridized carbons (Fsp3) is 0.364. The molecule has 1 saturated carbocycles. The summed E-state index contributed by atoms with van der Waals surface area (Å²) in [6.07, 6.45) is 2.66. The van der Waals surface area contributed by atoms with Crippen LogP contribution in [0.5, 0.6) is 0 Å². The zero-order valence-corrected chi connectivity index (χ0v) is 9.63. The minimum absolute atomic E-state index is 0.329. The van der Waals surface area contributed by atoms with Crippen LogP contribution in [0.2, 0.25) is 0 Å². The fourth-order valence-electron chi connectivity index (χ4n) is 2.24. The molecule has 0 aromatic heterocycles. The van der Waals surface area contributed by atoms with E-state index in [4.69, 9.17) is 4.74 Å². The number of fused-ring (bicyclic) bond motifs is 2. The number of anilines is 1. The number of hydrogen-bond donors (Lipinski definition) is 1. The van der Waals surface area contributed by atoms with E-state index in [0.29, 0.717) is 0 Å². The van der Waals surface area contributed by atoms with Crippen LogP contribution < -0.4 is 5.32 Å². The minimum Gasteiger partial charge on any atom is -0.438 e. The summed E-state index contributed by atoms with van der Waals surface area (Å²) in [5, 5.41) is 2.73. The van der Waals surface area contributed by atoms with Gasteiger partial charge in [0.25, 0.3) is 0 Å². The van der Waals surface area contributed by atoms with Crippen LogP contribution in [-0.4, -0.2) is 6.09 Å². The van der Waals surface area contributed by atoms with Crippen molar-refractivity contribution >= 4 is 27.7 Å². The summed E-state index contributed by atoms with van der Waals surface area (Å²) in [5.41, 5.74) is 1.64. The largest absolute Gasteiger partial charge is 0.438 e. The predicted molar refractivity (Wildman–Crippen MR) is 59.8 cm³/mol. The maximum Gasteiger partial charge on any atom is 0.412 e. The van der Waals surface area contributed by atoms with Gasteiger partial charge in [0.2, 0.25) is 0 Å². The number of hydrogen-bond acceptors (Lipinski definition) is 2. The Bertz CT molecular complexity index is 440. The highest BCUT2D eigenvalue weighted by atomic mass is 79.9. The highest BCUT2D eigenvalue weighted by Crippen LogP contribution is 2.50. The molecule has 1 aromatic rings. The van der Waals surface area contributed by atoms with Gasteiger partial charge in [-0.2, -0.15) is 0 Å². The second kappa shape index (κ2) is 2.98. The SMILES string of the molecule is O=C1Nc2ccc(Br)cc2C2(CCC2)O1. The summed E-state index contributed by atoms with van der Waals surface area (Å²) in [5.74, 6) is 0. The summed E-state index contributed by atoms with van der Waals surface area (Å²) in [6, 6.07) is 5.88. The Morgan fingerprint density at radius 3 is 2.87 bits per heavy atom. The van der Waals surface area contributed by atoms with Gasteiger partial charge in [-0.05, 0) is 37.5 Å². The first-order valence-electron chi connectivity index (χ1n) is 5.00. The molecule has 3 rings (SSSR count). The van der Waals surface area contributed by atoms with Gasteiger partial charge >= 0.3 is 6.09 Å². The molecular formula is C11H10BrNO2. The van der Waals surface area contributed by atoms with Gasteiger partial charge in [-0.3, -0.25) is 5.32 Å². The monoisotopic (exact) mass is 267 g/mol. The van der Waals surface area contributed by atoms with Crippen LogP contribution in [0.25, 0.3) is 0 Å². The summed E-state index contributed by atoms with van der Waals surface area (Å²) in [6.45, 7) is 0. The maximum atomic E-state index is 11.4. The molecule has 1 aliphatic carbocycles. The van der Waals surface area contributed by atoms with Crippen molar-refractivity contribution in [2.24, 2.45) is 0 Å². The molecule has 1 aromatic carbocycles. The molecule has 1 fully saturated rings. The normalized spacial score (nSPS) is 21.3. The van der Waals surface area contributed by atoms with E-state index in [-0.39, 0.29) is 11.7 Å². The van der Waals surface area contributed by atoms with Crippen LogP contribution >= 0.6 is 15.9 Å². The van der Waals surface area contributed by atoms with Crippen LogP contribution in [0.4, 0.5) is 10.5 Å². The van der Waals surface area contributed by atoms with Crippen LogP contribution in [0.15, 0.2) is 22.7 Å². The van der Waals surface area contributed by atoms with Gasteiger partial charge in [-0.25, -0.2) is 4.79 Å². The Balaban J connectivity index is 2.15. The molecule has 78 valence electrons. The Morgan fingerprint density at radius 1 is 1.40 bits per heavy atom. The van der Waals surface area contributed by atoms with E-state index in [1.807, 2.05) is 18.2 Å². The lowest BCUT2D eigenvalue weighted by molar-refractivity contribution is -0.0504. The third-order valence-electron chi connectivity index (χ3n) is 3.16. The number of nitrogens with one attached hydrogen (secondary N) is 1. The molecular weight excluding hydrogens is 258 g/mol.